The molecule has 0 aliphatic carbocycles. The SMILES string of the molecule is CC(=O)Nc1ccc2c(c1)NC(=O)C[C@@H]2c1ccnc2ccccc12. The second-order valence-electron chi connectivity index (χ2n) is 6.21. The smallest absolute Gasteiger partial charge is 0.225 e. The van der Waals surface area contributed by atoms with Gasteiger partial charge in [0.15, 0.2) is 0 Å². The van der Waals surface area contributed by atoms with E-state index in [4.69, 9.17) is 0 Å². The number of rotatable bonds is 2. The van der Waals surface area contributed by atoms with Crippen molar-refractivity contribution < 1.29 is 9.59 Å². The number of hydrogen-bond donors (Lipinski definition) is 2. The molecule has 0 bridgehead atoms. The molecule has 5 heteroatoms. The van der Waals surface area contributed by atoms with E-state index in [1.165, 1.54) is 6.92 Å². The summed E-state index contributed by atoms with van der Waals surface area (Å²) in [6.45, 7) is 1.46. The lowest BCUT2D eigenvalue weighted by Crippen LogP contribution is -2.24. The first-order chi connectivity index (χ1) is 12.1. The molecule has 2 heterocycles. The van der Waals surface area contributed by atoms with Crippen LogP contribution in [0.1, 0.15) is 30.4 Å². The minimum absolute atomic E-state index is 0.0293. The molecule has 25 heavy (non-hydrogen) atoms. The summed E-state index contributed by atoms with van der Waals surface area (Å²) in [4.78, 5) is 27.9. The first-order valence-corrected chi connectivity index (χ1v) is 8.17. The number of carbonyl (C=O) groups excluding carboxylic acids is 2. The maximum atomic E-state index is 12.3. The lowest BCUT2D eigenvalue weighted by molar-refractivity contribution is -0.116. The van der Waals surface area contributed by atoms with Gasteiger partial charge in [-0.25, -0.2) is 0 Å². The number of para-hydroxylation sites is 1. The summed E-state index contributed by atoms with van der Waals surface area (Å²) in [5, 5.41) is 6.73. The van der Waals surface area contributed by atoms with Crippen molar-refractivity contribution in [2.45, 2.75) is 19.3 Å². The molecule has 2 amide bonds. The molecule has 0 radical (unpaired) electrons. The highest BCUT2D eigenvalue weighted by Crippen LogP contribution is 2.40. The van der Waals surface area contributed by atoms with Crippen molar-refractivity contribution in [3.8, 4) is 0 Å². The Hall–Kier alpha value is -3.21. The van der Waals surface area contributed by atoms with E-state index in [9.17, 15) is 9.59 Å². The Kier molecular flexibility index (Phi) is 3.69. The molecule has 1 aromatic heterocycles. The van der Waals surface area contributed by atoms with Crippen LogP contribution in [0, 0.1) is 0 Å². The number of carbonyl (C=O) groups is 2. The van der Waals surface area contributed by atoms with Gasteiger partial charge < -0.3 is 10.6 Å². The van der Waals surface area contributed by atoms with Crippen LogP contribution in [-0.2, 0) is 9.59 Å². The van der Waals surface area contributed by atoms with Crippen LogP contribution in [0.25, 0.3) is 10.9 Å². The van der Waals surface area contributed by atoms with E-state index in [2.05, 4.69) is 15.6 Å². The van der Waals surface area contributed by atoms with Crippen LogP contribution >= 0.6 is 0 Å². The number of benzene rings is 2. The van der Waals surface area contributed by atoms with Gasteiger partial charge in [-0.15, -0.1) is 0 Å². The molecule has 0 fully saturated rings. The third-order valence-electron chi connectivity index (χ3n) is 4.47. The quantitative estimate of drug-likeness (QED) is 0.753. The van der Waals surface area contributed by atoms with Gasteiger partial charge in [0.2, 0.25) is 11.8 Å². The van der Waals surface area contributed by atoms with Crippen molar-refractivity contribution in [1.82, 2.24) is 4.98 Å². The summed E-state index contributed by atoms with van der Waals surface area (Å²) in [6, 6.07) is 15.6. The zero-order valence-electron chi connectivity index (χ0n) is 13.7. The van der Waals surface area contributed by atoms with Gasteiger partial charge in [-0.2, -0.15) is 0 Å². The summed E-state index contributed by atoms with van der Waals surface area (Å²) >= 11 is 0. The largest absolute Gasteiger partial charge is 0.326 e. The van der Waals surface area contributed by atoms with E-state index in [1.807, 2.05) is 48.5 Å². The minimum Gasteiger partial charge on any atom is -0.326 e. The van der Waals surface area contributed by atoms with Gasteiger partial charge >= 0.3 is 0 Å². The van der Waals surface area contributed by atoms with Crippen molar-refractivity contribution in [2.24, 2.45) is 0 Å². The third-order valence-corrected chi connectivity index (χ3v) is 4.47. The first kappa shape index (κ1) is 15.3. The van der Waals surface area contributed by atoms with E-state index in [0.29, 0.717) is 12.1 Å². The Morgan fingerprint density at radius 2 is 2.00 bits per heavy atom. The van der Waals surface area contributed by atoms with E-state index < -0.39 is 0 Å². The fourth-order valence-corrected chi connectivity index (χ4v) is 3.45. The van der Waals surface area contributed by atoms with E-state index in [-0.39, 0.29) is 17.7 Å². The highest BCUT2D eigenvalue weighted by Gasteiger charge is 2.28. The van der Waals surface area contributed by atoms with Crippen LogP contribution < -0.4 is 10.6 Å². The van der Waals surface area contributed by atoms with Crippen LogP contribution in [0.15, 0.2) is 54.7 Å². The highest BCUT2D eigenvalue weighted by molar-refractivity contribution is 5.98. The molecule has 2 aromatic carbocycles. The maximum absolute atomic E-state index is 12.3. The lowest BCUT2D eigenvalue weighted by Gasteiger charge is -2.27. The minimum atomic E-state index is -0.140. The fraction of sp³-hybridized carbons (Fsp3) is 0.150. The zero-order chi connectivity index (χ0) is 17.4. The van der Waals surface area contributed by atoms with Gasteiger partial charge in [0, 0.05) is 42.2 Å². The van der Waals surface area contributed by atoms with Crippen molar-refractivity contribution in [3.05, 3.63) is 65.9 Å². The molecule has 3 aromatic rings. The average Bonchev–Trinajstić information content (AvgIpc) is 2.59. The van der Waals surface area contributed by atoms with Gasteiger partial charge in [-0.05, 0) is 35.4 Å². The summed E-state index contributed by atoms with van der Waals surface area (Å²) in [6.07, 6.45) is 2.18. The third kappa shape index (κ3) is 2.85. The molecule has 5 nitrogen and oxygen atoms in total. The Morgan fingerprint density at radius 1 is 1.16 bits per heavy atom. The van der Waals surface area contributed by atoms with Crippen LogP contribution in [0.4, 0.5) is 11.4 Å². The van der Waals surface area contributed by atoms with E-state index >= 15 is 0 Å². The predicted molar refractivity (Wildman–Crippen MR) is 97.6 cm³/mol. The second-order valence-corrected chi connectivity index (χ2v) is 6.21. The van der Waals surface area contributed by atoms with Gasteiger partial charge in [-0.3, -0.25) is 14.6 Å². The monoisotopic (exact) mass is 331 g/mol. The summed E-state index contributed by atoms with van der Waals surface area (Å²) in [5.41, 5.74) is 4.47. The maximum Gasteiger partial charge on any atom is 0.225 e. The number of nitrogens with zero attached hydrogens (tertiary/aromatic N) is 1. The standard InChI is InChI=1S/C20H17N3O2/c1-12(24)22-13-6-7-16-17(11-20(25)23-19(16)10-13)14-8-9-21-18-5-3-2-4-15(14)18/h2-10,17H,11H2,1H3,(H,22,24)(H,23,25)/t17-/m1/s1. The molecule has 2 N–H and O–H groups in total. The number of aromatic nitrogens is 1. The average molecular weight is 331 g/mol. The van der Waals surface area contributed by atoms with Gasteiger partial charge in [-0.1, -0.05) is 24.3 Å². The zero-order valence-corrected chi connectivity index (χ0v) is 13.7. The fourth-order valence-electron chi connectivity index (χ4n) is 3.45. The number of hydrogen-bond acceptors (Lipinski definition) is 3. The molecule has 0 spiro atoms. The highest BCUT2D eigenvalue weighted by atomic mass is 16.2. The Bertz CT molecular complexity index is 992. The molecule has 1 aliphatic heterocycles. The molecule has 0 saturated carbocycles. The van der Waals surface area contributed by atoms with E-state index in [0.717, 1.165) is 27.7 Å². The Labute approximate surface area is 145 Å². The van der Waals surface area contributed by atoms with Crippen LogP contribution in [0.5, 0.6) is 0 Å². The summed E-state index contributed by atoms with van der Waals surface area (Å²) < 4.78 is 0. The van der Waals surface area contributed by atoms with Gasteiger partial charge in [0.25, 0.3) is 0 Å². The lowest BCUT2D eigenvalue weighted by atomic mass is 9.83. The number of pyridine rings is 1. The summed E-state index contributed by atoms with van der Waals surface area (Å²) in [7, 11) is 0. The van der Waals surface area contributed by atoms with Crippen molar-refractivity contribution in [3.63, 3.8) is 0 Å². The van der Waals surface area contributed by atoms with Crippen molar-refractivity contribution in [1.29, 1.82) is 0 Å². The molecular weight excluding hydrogens is 314 g/mol. The first-order valence-electron chi connectivity index (χ1n) is 8.17. The number of nitrogens with one attached hydrogen (secondary N) is 2. The molecule has 124 valence electrons. The van der Waals surface area contributed by atoms with Crippen LogP contribution in [0.2, 0.25) is 0 Å². The molecule has 1 aliphatic rings. The molecule has 0 saturated heterocycles. The summed E-state index contributed by atoms with van der Waals surface area (Å²) in [5.74, 6) is -0.208. The van der Waals surface area contributed by atoms with E-state index in [1.54, 1.807) is 6.20 Å². The number of anilines is 2. The Morgan fingerprint density at radius 3 is 2.84 bits per heavy atom. The molecule has 0 unspecified atom stereocenters. The van der Waals surface area contributed by atoms with Crippen LogP contribution in [0.3, 0.4) is 0 Å². The van der Waals surface area contributed by atoms with Gasteiger partial charge in [0.1, 0.15) is 0 Å². The molecular formula is C20H17N3O2. The topological polar surface area (TPSA) is 71.1 Å². The second kappa shape index (κ2) is 6.02. The normalized spacial score (nSPS) is 16.2. The molecule has 4 rings (SSSR count). The number of fused-ring (bicyclic) bond motifs is 2. The van der Waals surface area contributed by atoms with Crippen LogP contribution in [-0.4, -0.2) is 16.8 Å². The predicted octanol–water partition coefficient (Wildman–Crippen LogP) is 3.67. The van der Waals surface area contributed by atoms with Crippen molar-refractivity contribution >= 4 is 34.1 Å². The number of amides is 2. The van der Waals surface area contributed by atoms with Gasteiger partial charge in [0.05, 0.1) is 5.52 Å². The molecule has 1 atom stereocenters. The van der Waals surface area contributed by atoms with Crippen molar-refractivity contribution in [2.75, 3.05) is 10.6 Å². The Balaban J connectivity index is 1.84.